The van der Waals surface area contributed by atoms with Gasteiger partial charge in [0.2, 0.25) is 5.91 Å². The highest BCUT2D eigenvalue weighted by atomic mass is 16.4. The number of carboxylic acids is 1. The van der Waals surface area contributed by atoms with Crippen LogP contribution in [0.4, 0.5) is 5.69 Å². The van der Waals surface area contributed by atoms with E-state index < -0.39 is 5.97 Å². The molecule has 1 fully saturated rings. The number of rotatable bonds is 4. The third-order valence-electron chi connectivity index (χ3n) is 3.53. The van der Waals surface area contributed by atoms with Crippen LogP contribution in [0.1, 0.15) is 31.2 Å². The van der Waals surface area contributed by atoms with Gasteiger partial charge in [-0.2, -0.15) is 0 Å². The predicted molar refractivity (Wildman–Crippen MR) is 76.7 cm³/mol. The van der Waals surface area contributed by atoms with Crippen molar-refractivity contribution in [3.63, 3.8) is 0 Å². The van der Waals surface area contributed by atoms with Gasteiger partial charge in [-0.05, 0) is 36.6 Å². The standard InChI is InChI=1S/C15H18N2O3/c16-17(15(20)12-3-1-2-4-12)13-8-5-11(6-9-13)7-10-14(18)19/h5-10,12H,1-4,16H2,(H,18,19)/b10-7+. The highest BCUT2D eigenvalue weighted by molar-refractivity contribution is 5.94. The number of aliphatic carboxylic acids is 1. The van der Waals surface area contributed by atoms with Crippen LogP contribution in [0.15, 0.2) is 30.3 Å². The number of nitrogens with zero attached hydrogens (tertiary/aromatic N) is 1. The van der Waals surface area contributed by atoms with E-state index in [2.05, 4.69) is 0 Å². The summed E-state index contributed by atoms with van der Waals surface area (Å²) < 4.78 is 0. The molecule has 5 nitrogen and oxygen atoms in total. The first-order valence-electron chi connectivity index (χ1n) is 6.67. The lowest BCUT2D eigenvalue weighted by Gasteiger charge is -2.20. The molecule has 3 N–H and O–H groups in total. The van der Waals surface area contributed by atoms with Crippen molar-refractivity contribution in [1.29, 1.82) is 0 Å². The van der Waals surface area contributed by atoms with Gasteiger partial charge in [-0.15, -0.1) is 0 Å². The fraction of sp³-hybridized carbons (Fsp3) is 0.333. The van der Waals surface area contributed by atoms with Gasteiger partial charge in [0.15, 0.2) is 0 Å². The first kappa shape index (κ1) is 14.3. The molecule has 0 aliphatic heterocycles. The normalized spacial score (nSPS) is 15.7. The fourth-order valence-corrected chi connectivity index (χ4v) is 2.41. The van der Waals surface area contributed by atoms with Crippen molar-refractivity contribution in [3.8, 4) is 0 Å². The molecule has 0 bridgehead atoms. The van der Waals surface area contributed by atoms with Crippen molar-refractivity contribution in [1.82, 2.24) is 0 Å². The van der Waals surface area contributed by atoms with Crippen LogP contribution in [0.3, 0.4) is 0 Å². The van der Waals surface area contributed by atoms with Gasteiger partial charge in [0.1, 0.15) is 0 Å². The SMILES string of the molecule is NN(C(=O)C1CCCC1)c1ccc(/C=C/C(=O)O)cc1. The van der Waals surface area contributed by atoms with E-state index in [0.29, 0.717) is 5.69 Å². The van der Waals surface area contributed by atoms with E-state index in [1.807, 2.05) is 0 Å². The smallest absolute Gasteiger partial charge is 0.328 e. The Morgan fingerprint density at radius 1 is 1.20 bits per heavy atom. The zero-order valence-corrected chi connectivity index (χ0v) is 11.2. The van der Waals surface area contributed by atoms with Gasteiger partial charge in [-0.3, -0.25) is 4.79 Å². The monoisotopic (exact) mass is 274 g/mol. The molecule has 20 heavy (non-hydrogen) atoms. The average Bonchev–Trinajstić information content (AvgIpc) is 2.98. The van der Waals surface area contributed by atoms with Crippen LogP contribution in [-0.4, -0.2) is 17.0 Å². The summed E-state index contributed by atoms with van der Waals surface area (Å²) >= 11 is 0. The lowest BCUT2D eigenvalue weighted by Crippen LogP contribution is -2.41. The third-order valence-corrected chi connectivity index (χ3v) is 3.53. The second-order valence-corrected chi connectivity index (χ2v) is 4.95. The van der Waals surface area contributed by atoms with Gasteiger partial charge >= 0.3 is 5.97 Å². The minimum Gasteiger partial charge on any atom is -0.478 e. The summed E-state index contributed by atoms with van der Waals surface area (Å²) in [6.45, 7) is 0. The number of amides is 1. The Balaban J connectivity index is 2.05. The Kier molecular flexibility index (Phi) is 4.53. The van der Waals surface area contributed by atoms with Crippen LogP contribution in [0.5, 0.6) is 0 Å². The zero-order chi connectivity index (χ0) is 14.5. The summed E-state index contributed by atoms with van der Waals surface area (Å²) in [5.41, 5.74) is 1.37. The maximum Gasteiger partial charge on any atom is 0.328 e. The quantitative estimate of drug-likeness (QED) is 0.381. The van der Waals surface area contributed by atoms with Gasteiger partial charge in [-0.1, -0.05) is 25.0 Å². The molecule has 0 heterocycles. The number of hydrogen-bond acceptors (Lipinski definition) is 3. The number of hydrazine groups is 1. The van der Waals surface area contributed by atoms with E-state index >= 15 is 0 Å². The van der Waals surface area contributed by atoms with E-state index in [1.54, 1.807) is 24.3 Å². The maximum atomic E-state index is 12.2. The van der Waals surface area contributed by atoms with E-state index in [9.17, 15) is 9.59 Å². The first-order valence-corrected chi connectivity index (χ1v) is 6.67. The van der Waals surface area contributed by atoms with Crippen LogP contribution in [0, 0.1) is 5.92 Å². The number of carbonyl (C=O) groups is 2. The molecule has 106 valence electrons. The van der Waals surface area contributed by atoms with Crippen molar-refractivity contribution < 1.29 is 14.7 Å². The number of carboxylic acid groups (broad SMARTS) is 1. The fourth-order valence-electron chi connectivity index (χ4n) is 2.41. The number of hydrogen-bond donors (Lipinski definition) is 2. The van der Waals surface area contributed by atoms with Crippen molar-refractivity contribution in [3.05, 3.63) is 35.9 Å². The first-order chi connectivity index (χ1) is 9.58. The molecule has 1 aromatic rings. The molecule has 0 saturated heterocycles. The molecular formula is C15H18N2O3. The Hall–Kier alpha value is -2.14. The van der Waals surface area contributed by atoms with E-state index in [1.165, 1.54) is 11.1 Å². The molecule has 0 unspecified atom stereocenters. The second kappa shape index (κ2) is 6.34. The highest BCUT2D eigenvalue weighted by Crippen LogP contribution is 2.27. The van der Waals surface area contributed by atoms with Crippen molar-refractivity contribution in [2.24, 2.45) is 11.8 Å². The molecule has 0 aromatic heterocycles. The van der Waals surface area contributed by atoms with Gasteiger partial charge in [0.25, 0.3) is 0 Å². The molecule has 1 amide bonds. The Labute approximate surface area is 117 Å². The number of carbonyl (C=O) groups excluding carboxylic acids is 1. The molecule has 0 atom stereocenters. The predicted octanol–water partition coefficient (Wildman–Crippen LogP) is 2.18. The molecular weight excluding hydrogens is 256 g/mol. The number of anilines is 1. The Bertz CT molecular complexity index is 516. The van der Waals surface area contributed by atoms with E-state index in [-0.39, 0.29) is 11.8 Å². The van der Waals surface area contributed by atoms with Crippen LogP contribution < -0.4 is 10.9 Å². The Morgan fingerprint density at radius 3 is 2.35 bits per heavy atom. The summed E-state index contributed by atoms with van der Waals surface area (Å²) in [5, 5.41) is 9.75. The number of nitrogens with two attached hydrogens (primary N) is 1. The third kappa shape index (κ3) is 3.45. The lowest BCUT2D eigenvalue weighted by molar-refractivity contribution is -0.131. The van der Waals surface area contributed by atoms with Crippen LogP contribution in [0.25, 0.3) is 6.08 Å². The minimum atomic E-state index is -0.995. The zero-order valence-electron chi connectivity index (χ0n) is 11.2. The van der Waals surface area contributed by atoms with Crippen molar-refractivity contribution in [2.45, 2.75) is 25.7 Å². The highest BCUT2D eigenvalue weighted by Gasteiger charge is 2.26. The minimum absolute atomic E-state index is 0.0339. The molecule has 1 aliphatic rings. The van der Waals surface area contributed by atoms with Crippen molar-refractivity contribution in [2.75, 3.05) is 5.01 Å². The second-order valence-electron chi connectivity index (χ2n) is 4.95. The maximum absolute atomic E-state index is 12.2. The summed E-state index contributed by atoms with van der Waals surface area (Å²) in [4.78, 5) is 22.6. The average molecular weight is 274 g/mol. The van der Waals surface area contributed by atoms with Crippen LogP contribution in [0.2, 0.25) is 0 Å². The van der Waals surface area contributed by atoms with Gasteiger partial charge in [0.05, 0.1) is 5.69 Å². The van der Waals surface area contributed by atoms with E-state index in [0.717, 1.165) is 37.3 Å². The summed E-state index contributed by atoms with van der Waals surface area (Å²) in [6.07, 6.45) is 6.55. The number of benzene rings is 1. The topological polar surface area (TPSA) is 83.6 Å². The van der Waals surface area contributed by atoms with Gasteiger partial charge in [-0.25, -0.2) is 15.6 Å². The van der Waals surface area contributed by atoms with Gasteiger partial charge in [0, 0.05) is 12.0 Å². The molecule has 5 heteroatoms. The van der Waals surface area contributed by atoms with Crippen LogP contribution in [-0.2, 0) is 9.59 Å². The molecule has 2 rings (SSSR count). The van der Waals surface area contributed by atoms with Crippen LogP contribution >= 0.6 is 0 Å². The lowest BCUT2D eigenvalue weighted by atomic mass is 10.1. The largest absolute Gasteiger partial charge is 0.478 e. The van der Waals surface area contributed by atoms with Crippen molar-refractivity contribution >= 4 is 23.6 Å². The molecule has 0 spiro atoms. The summed E-state index contributed by atoms with van der Waals surface area (Å²) in [7, 11) is 0. The summed E-state index contributed by atoms with van der Waals surface area (Å²) in [5.74, 6) is 4.86. The van der Waals surface area contributed by atoms with E-state index in [4.69, 9.17) is 10.9 Å². The van der Waals surface area contributed by atoms with Gasteiger partial charge < -0.3 is 5.11 Å². The molecule has 1 aromatic carbocycles. The molecule has 0 radical (unpaired) electrons. The Morgan fingerprint density at radius 2 is 1.80 bits per heavy atom. The molecule has 1 saturated carbocycles. The molecule has 1 aliphatic carbocycles. The summed E-state index contributed by atoms with van der Waals surface area (Å²) in [6, 6.07) is 6.90.